The Morgan fingerprint density at radius 2 is 1.18 bits per heavy atom. The van der Waals surface area contributed by atoms with E-state index in [0.29, 0.717) is 13.2 Å². The maximum Gasteiger partial charge on any atom is 2.00 e. The van der Waals surface area contributed by atoms with Crippen LogP contribution >= 0.6 is 0 Å². The van der Waals surface area contributed by atoms with Crippen LogP contribution in [0.15, 0.2) is 0 Å². The van der Waals surface area contributed by atoms with Gasteiger partial charge in [0.05, 0.1) is 0 Å². The summed E-state index contributed by atoms with van der Waals surface area (Å²) < 4.78 is 8.76. The second-order valence-electron chi connectivity index (χ2n) is 1.39. The van der Waals surface area contributed by atoms with E-state index in [0.717, 1.165) is 0 Å². The van der Waals surface area contributed by atoms with Crippen molar-refractivity contribution in [2.45, 2.75) is 0 Å². The predicted molar refractivity (Wildman–Crippen MR) is 33.5 cm³/mol. The van der Waals surface area contributed by atoms with E-state index in [1.807, 2.05) is 0 Å². The molecule has 4 nitrogen and oxygen atoms in total. The summed E-state index contributed by atoms with van der Waals surface area (Å²) in [5, 5.41) is 18.8. The van der Waals surface area contributed by atoms with Gasteiger partial charge in [0.1, 0.15) is 0 Å². The molecular formula is C6H14CdO4. The summed E-state index contributed by atoms with van der Waals surface area (Å²) >= 11 is 0. The van der Waals surface area contributed by atoms with Gasteiger partial charge in [0.2, 0.25) is 0 Å². The minimum Gasteiger partial charge on any atom is -0.853 e. The summed E-state index contributed by atoms with van der Waals surface area (Å²) in [6, 6.07) is 0. The van der Waals surface area contributed by atoms with E-state index < -0.39 is 0 Å². The van der Waals surface area contributed by atoms with E-state index in [2.05, 4.69) is 9.47 Å². The first-order valence-electron chi connectivity index (χ1n) is 2.97. The third kappa shape index (κ3) is 36.4. The molecular weight excluding hydrogens is 248 g/mol. The van der Waals surface area contributed by atoms with Crippen LogP contribution in [0.3, 0.4) is 0 Å². The van der Waals surface area contributed by atoms with Crippen molar-refractivity contribution in [2.75, 3.05) is 40.6 Å². The van der Waals surface area contributed by atoms with Crippen molar-refractivity contribution in [2.24, 2.45) is 0 Å². The monoisotopic (exact) mass is 264 g/mol. The molecule has 0 spiro atoms. The summed E-state index contributed by atoms with van der Waals surface area (Å²) in [4.78, 5) is 0. The van der Waals surface area contributed by atoms with Gasteiger partial charge >= 0.3 is 27.3 Å². The molecule has 11 heavy (non-hydrogen) atoms. The van der Waals surface area contributed by atoms with Crippen molar-refractivity contribution >= 4 is 0 Å². The van der Waals surface area contributed by atoms with Gasteiger partial charge < -0.3 is 19.7 Å². The molecule has 0 aliphatic heterocycles. The van der Waals surface area contributed by atoms with Gasteiger partial charge in [-0.3, -0.25) is 0 Å². The van der Waals surface area contributed by atoms with Crippen LogP contribution < -0.4 is 10.2 Å². The molecule has 0 saturated heterocycles. The molecule has 0 N–H and O–H groups in total. The zero-order valence-corrected chi connectivity index (χ0v) is 11.2. The number of methoxy groups -OCH3 is 2. The standard InChI is InChI=1S/2C3H7O2.Cd/c2*1-5-3-2-4;/h2*2-3H2,1H3;/q2*-1;+2. The van der Waals surface area contributed by atoms with Crippen molar-refractivity contribution in [3.63, 3.8) is 0 Å². The first kappa shape index (κ1) is 17.7. The van der Waals surface area contributed by atoms with Crippen molar-refractivity contribution in [1.82, 2.24) is 0 Å². The first-order valence-corrected chi connectivity index (χ1v) is 2.97. The fourth-order valence-electron chi connectivity index (χ4n) is 0.167. The number of ether oxygens (including phenoxy) is 2. The Bertz CT molecular complexity index is 35.6. The minimum absolute atomic E-state index is 0. The van der Waals surface area contributed by atoms with Crippen molar-refractivity contribution in [3.05, 3.63) is 0 Å². The summed E-state index contributed by atoms with van der Waals surface area (Å²) in [7, 11) is 3.02. The van der Waals surface area contributed by atoms with Crippen molar-refractivity contribution in [1.29, 1.82) is 0 Å². The summed E-state index contributed by atoms with van der Waals surface area (Å²) in [6.07, 6.45) is 0. The maximum absolute atomic E-state index is 9.40. The molecule has 0 aromatic heterocycles. The molecule has 0 aromatic carbocycles. The SMILES string of the molecule is COCC[O-].COCC[O-].[Cd+2]. The van der Waals surface area contributed by atoms with E-state index in [-0.39, 0.29) is 40.5 Å². The molecule has 0 aliphatic rings. The Hall–Kier alpha value is 0.762. The number of hydrogen-bond donors (Lipinski definition) is 0. The number of rotatable bonds is 4. The van der Waals surface area contributed by atoms with E-state index in [4.69, 9.17) is 0 Å². The van der Waals surface area contributed by atoms with Gasteiger partial charge in [-0.1, -0.05) is 0 Å². The zero-order valence-electron chi connectivity index (χ0n) is 7.17. The second-order valence-corrected chi connectivity index (χ2v) is 1.39. The van der Waals surface area contributed by atoms with Crippen LogP contribution in [0, 0.1) is 0 Å². The number of hydrogen-bond acceptors (Lipinski definition) is 4. The van der Waals surface area contributed by atoms with Crippen LogP contribution in [0.4, 0.5) is 0 Å². The molecule has 5 heteroatoms. The molecule has 0 atom stereocenters. The van der Waals surface area contributed by atoms with Gasteiger partial charge in [-0.05, 0) is 0 Å². The quantitative estimate of drug-likeness (QED) is 0.549. The molecule has 0 aliphatic carbocycles. The molecule has 0 saturated carbocycles. The Morgan fingerprint density at radius 1 is 0.909 bits per heavy atom. The van der Waals surface area contributed by atoms with Crippen LogP contribution in [-0.2, 0) is 36.8 Å². The smallest absolute Gasteiger partial charge is 0.853 e. The topological polar surface area (TPSA) is 64.6 Å². The predicted octanol–water partition coefficient (Wildman–Crippen LogP) is -2.02. The molecule has 0 fully saturated rings. The first-order chi connectivity index (χ1) is 4.83. The molecule has 0 aromatic rings. The Labute approximate surface area is 87.7 Å². The summed E-state index contributed by atoms with van der Waals surface area (Å²) in [5.74, 6) is 0. The third-order valence-electron chi connectivity index (χ3n) is 0.575. The average molecular weight is 263 g/mol. The molecule has 0 bridgehead atoms. The zero-order chi connectivity index (χ0) is 8.24. The molecule has 64 valence electrons. The molecule has 0 unspecified atom stereocenters. The van der Waals surface area contributed by atoms with E-state index in [1.165, 1.54) is 14.2 Å². The Morgan fingerprint density at radius 3 is 1.18 bits per heavy atom. The Kier molecular flexibility index (Phi) is 36.2. The van der Waals surface area contributed by atoms with Gasteiger partial charge in [0, 0.05) is 27.4 Å². The maximum atomic E-state index is 9.40. The van der Waals surface area contributed by atoms with Gasteiger partial charge in [0.15, 0.2) is 0 Å². The van der Waals surface area contributed by atoms with Crippen molar-refractivity contribution < 1.29 is 47.0 Å². The summed E-state index contributed by atoms with van der Waals surface area (Å²) in [5.41, 5.74) is 0. The molecule has 0 rings (SSSR count). The van der Waals surface area contributed by atoms with Gasteiger partial charge in [-0.2, -0.15) is 0 Å². The van der Waals surface area contributed by atoms with Crippen molar-refractivity contribution in [3.8, 4) is 0 Å². The average Bonchev–Trinajstić information content (AvgIpc) is 1.93. The Balaban J connectivity index is -0.000000107. The van der Waals surface area contributed by atoms with Crippen LogP contribution in [-0.4, -0.2) is 40.6 Å². The van der Waals surface area contributed by atoms with Gasteiger partial charge in [0.25, 0.3) is 0 Å². The normalized spacial score (nSPS) is 7.64. The van der Waals surface area contributed by atoms with Gasteiger partial charge in [-0.15, -0.1) is 13.2 Å². The fourth-order valence-corrected chi connectivity index (χ4v) is 0.167. The van der Waals surface area contributed by atoms with E-state index in [9.17, 15) is 10.2 Å². The third-order valence-corrected chi connectivity index (χ3v) is 0.575. The van der Waals surface area contributed by atoms with Gasteiger partial charge in [-0.25, -0.2) is 0 Å². The van der Waals surface area contributed by atoms with Crippen LogP contribution in [0.2, 0.25) is 0 Å². The van der Waals surface area contributed by atoms with Crippen LogP contribution in [0.25, 0.3) is 0 Å². The second kappa shape index (κ2) is 22.4. The minimum atomic E-state index is -0.128. The van der Waals surface area contributed by atoms with Crippen LogP contribution in [0.5, 0.6) is 0 Å². The molecule has 0 amide bonds. The van der Waals surface area contributed by atoms with Crippen LogP contribution in [0.1, 0.15) is 0 Å². The van der Waals surface area contributed by atoms with E-state index in [1.54, 1.807) is 0 Å². The fraction of sp³-hybridized carbons (Fsp3) is 1.00. The largest absolute Gasteiger partial charge is 2.00 e. The van der Waals surface area contributed by atoms with E-state index >= 15 is 0 Å². The summed E-state index contributed by atoms with van der Waals surface area (Å²) in [6.45, 7) is 0.410. The molecule has 0 heterocycles. The molecule has 0 radical (unpaired) electrons.